The summed E-state index contributed by atoms with van der Waals surface area (Å²) in [7, 11) is 0. The maximum absolute atomic E-state index is 12.8. The van der Waals surface area contributed by atoms with Crippen molar-refractivity contribution in [1.82, 2.24) is 15.1 Å². The molecule has 7 heteroatoms. The molecule has 4 heterocycles. The van der Waals surface area contributed by atoms with Crippen molar-refractivity contribution in [2.75, 3.05) is 6.54 Å². The molecule has 0 radical (unpaired) electrons. The lowest BCUT2D eigenvalue weighted by Crippen LogP contribution is -2.18. The van der Waals surface area contributed by atoms with E-state index in [9.17, 15) is 4.79 Å². The highest BCUT2D eigenvalue weighted by Crippen LogP contribution is 2.26. The SMILES string of the molecule is O=C(c1ccoc1)n1nc(C2CCCN2)cc1CCc1ccc(Cl)s1. The first kappa shape index (κ1) is 16.6. The first-order chi connectivity index (χ1) is 12.2. The molecule has 0 amide bonds. The molecule has 0 saturated carbocycles. The lowest BCUT2D eigenvalue weighted by Gasteiger charge is -2.05. The van der Waals surface area contributed by atoms with Gasteiger partial charge in [0.15, 0.2) is 0 Å². The number of aryl methyl sites for hydroxylation is 2. The van der Waals surface area contributed by atoms with Gasteiger partial charge in [-0.15, -0.1) is 11.3 Å². The van der Waals surface area contributed by atoms with E-state index < -0.39 is 0 Å². The number of nitrogens with one attached hydrogen (secondary N) is 1. The van der Waals surface area contributed by atoms with Crippen LogP contribution >= 0.6 is 22.9 Å². The van der Waals surface area contributed by atoms with Gasteiger partial charge in [-0.2, -0.15) is 5.10 Å². The van der Waals surface area contributed by atoms with Crippen molar-refractivity contribution in [2.45, 2.75) is 31.7 Å². The van der Waals surface area contributed by atoms with E-state index in [0.717, 1.165) is 48.0 Å². The molecular weight excluding hydrogens is 358 g/mol. The van der Waals surface area contributed by atoms with Crippen molar-refractivity contribution in [3.63, 3.8) is 0 Å². The van der Waals surface area contributed by atoms with E-state index in [-0.39, 0.29) is 11.9 Å². The van der Waals surface area contributed by atoms with Crippen LogP contribution in [-0.4, -0.2) is 22.2 Å². The predicted octanol–water partition coefficient (Wildman–Crippen LogP) is 4.09. The van der Waals surface area contributed by atoms with E-state index in [2.05, 4.69) is 16.5 Å². The maximum Gasteiger partial charge on any atom is 0.281 e. The van der Waals surface area contributed by atoms with Gasteiger partial charge >= 0.3 is 0 Å². The van der Waals surface area contributed by atoms with Crippen LogP contribution in [0.5, 0.6) is 0 Å². The molecule has 4 rings (SSSR count). The molecule has 25 heavy (non-hydrogen) atoms. The highest BCUT2D eigenvalue weighted by atomic mass is 35.5. The summed E-state index contributed by atoms with van der Waals surface area (Å²) in [5.74, 6) is -0.155. The summed E-state index contributed by atoms with van der Waals surface area (Å²) < 4.78 is 7.36. The Labute approximate surface area is 154 Å². The third-order valence-electron chi connectivity index (χ3n) is 4.44. The molecule has 1 saturated heterocycles. The number of rotatable bonds is 5. The molecule has 3 aromatic heterocycles. The molecule has 1 aliphatic heterocycles. The first-order valence-electron chi connectivity index (χ1n) is 8.34. The van der Waals surface area contributed by atoms with Crippen LogP contribution in [0.1, 0.15) is 45.5 Å². The van der Waals surface area contributed by atoms with Crippen molar-refractivity contribution in [1.29, 1.82) is 0 Å². The minimum Gasteiger partial charge on any atom is -0.472 e. The van der Waals surface area contributed by atoms with Crippen molar-refractivity contribution in [2.24, 2.45) is 0 Å². The van der Waals surface area contributed by atoms with E-state index in [1.54, 1.807) is 17.4 Å². The number of hydrogen-bond acceptors (Lipinski definition) is 5. The van der Waals surface area contributed by atoms with Crippen LogP contribution in [-0.2, 0) is 12.8 Å². The van der Waals surface area contributed by atoms with Gasteiger partial charge in [0.1, 0.15) is 6.26 Å². The van der Waals surface area contributed by atoms with Crippen LogP contribution < -0.4 is 5.32 Å². The maximum atomic E-state index is 12.8. The molecule has 3 aromatic rings. The van der Waals surface area contributed by atoms with E-state index in [1.807, 2.05) is 12.1 Å². The summed E-state index contributed by atoms with van der Waals surface area (Å²) in [6, 6.07) is 7.89. The van der Waals surface area contributed by atoms with Gasteiger partial charge in [0.25, 0.3) is 5.91 Å². The summed E-state index contributed by atoms with van der Waals surface area (Å²) in [5, 5.41) is 8.05. The Bertz CT molecular complexity index is 863. The first-order valence-corrected chi connectivity index (χ1v) is 9.53. The summed E-state index contributed by atoms with van der Waals surface area (Å²) >= 11 is 7.58. The normalized spacial score (nSPS) is 17.2. The van der Waals surface area contributed by atoms with Gasteiger partial charge in [-0.3, -0.25) is 4.79 Å². The number of halogens is 1. The molecule has 0 spiro atoms. The standard InChI is InChI=1S/C18H18ClN3O2S/c19-17-6-5-14(25-17)4-3-13-10-16(15-2-1-8-20-15)21-22(13)18(23)12-7-9-24-11-12/h5-7,9-11,15,20H,1-4,8H2. The van der Waals surface area contributed by atoms with Gasteiger partial charge in [0.2, 0.25) is 0 Å². The van der Waals surface area contributed by atoms with Crippen molar-refractivity contribution in [3.05, 3.63) is 63.0 Å². The highest BCUT2D eigenvalue weighted by Gasteiger charge is 2.23. The summed E-state index contributed by atoms with van der Waals surface area (Å²) in [4.78, 5) is 14.0. The largest absolute Gasteiger partial charge is 0.472 e. The Balaban J connectivity index is 1.61. The van der Waals surface area contributed by atoms with Gasteiger partial charge in [-0.1, -0.05) is 11.6 Å². The number of carbonyl (C=O) groups is 1. The minimum atomic E-state index is -0.155. The van der Waals surface area contributed by atoms with Crippen LogP contribution in [0.4, 0.5) is 0 Å². The zero-order valence-corrected chi connectivity index (χ0v) is 15.1. The zero-order valence-electron chi connectivity index (χ0n) is 13.6. The number of hydrogen-bond donors (Lipinski definition) is 1. The Morgan fingerprint density at radius 3 is 3.00 bits per heavy atom. The molecule has 130 valence electrons. The number of nitrogens with zero attached hydrogens (tertiary/aromatic N) is 2. The fourth-order valence-corrected chi connectivity index (χ4v) is 4.23. The fraction of sp³-hybridized carbons (Fsp3) is 0.333. The fourth-order valence-electron chi connectivity index (χ4n) is 3.15. The van der Waals surface area contributed by atoms with Crippen LogP contribution in [0.2, 0.25) is 4.34 Å². The average molecular weight is 376 g/mol. The van der Waals surface area contributed by atoms with Crippen molar-refractivity contribution >= 4 is 28.8 Å². The lowest BCUT2D eigenvalue weighted by molar-refractivity contribution is 0.0940. The van der Waals surface area contributed by atoms with Crippen LogP contribution in [0.25, 0.3) is 0 Å². The number of carbonyl (C=O) groups excluding carboxylic acids is 1. The van der Waals surface area contributed by atoms with Crippen LogP contribution in [0.15, 0.2) is 41.2 Å². The average Bonchev–Trinajstić information content (AvgIpc) is 3.38. The van der Waals surface area contributed by atoms with Crippen molar-refractivity contribution < 1.29 is 9.21 Å². The summed E-state index contributed by atoms with van der Waals surface area (Å²) in [6.45, 7) is 0.996. The molecule has 0 aliphatic carbocycles. The molecular formula is C18H18ClN3O2S. The molecule has 1 aliphatic rings. The highest BCUT2D eigenvalue weighted by molar-refractivity contribution is 7.16. The second-order valence-corrected chi connectivity index (χ2v) is 7.94. The molecule has 1 fully saturated rings. The second kappa shape index (κ2) is 7.15. The van der Waals surface area contributed by atoms with Gasteiger partial charge < -0.3 is 9.73 Å². The molecule has 1 unspecified atom stereocenters. The van der Waals surface area contributed by atoms with Gasteiger partial charge in [0, 0.05) is 10.6 Å². The topological polar surface area (TPSA) is 60.1 Å². The molecule has 5 nitrogen and oxygen atoms in total. The molecule has 1 atom stereocenters. The second-order valence-electron chi connectivity index (χ2n) is 6.14. The third kappa shape index (κ3) is 3.56. The Morgan fingerprint density at radius 2 is 2.32 bits per heavy atom. The van der Waals surface area contributed by atoms with E-state index in [0.29, 0.717) is 5.56 Å². The molecule has 0 bridgehead atoms. The number of furan rings is 1. The minimum absolute atomic E-state index is 0.155. The lowest BCUT2D eigenvalue weighted by atomic mass is 10.1. The Morgan fingerprint density at radius 1 is 1.40 bits per heavy atom. The predicted molar refractivity (Wildman–Crippen MR) is 97.4 cm³/mol. The molecule has 0 aromatic carbocycles. The Kier molecular flexibility index (Phi) is 4.74. The van der Waals surface area contributed by atoms with Gasteiger partial charge in [-0.05, 0) is 56.5 Å². The molecule has 1 N–H and O–H groups in total. The van der Waals surface area contributed by atoms with E-state index in [1.165, 1.54) is 22.1 Å². The van der Waals surface area contributed by atoms with Gasteiger partial charge in [-0.25, -0.2) is 4.68 Å². The number of aromatic nitrogens is 2. The monoisotopic (exact) mass is 375 g/mol. The third-order valence-corrected chi connectivity index (χ3v) is 5.73. The number of thiophene rings is 1. The van der Waals surface area contributed by atoms with Crippen molar-refractivity contribution in [3.8, 4) is 0 Å². The Hall–Kier alpha value is -1.89. The van der Waals surface area contributed by atoms with Gasteiger partial charge in [0.05, 0.1) is 27.9 Å². The zero-order chi connectivity index (χ0) is 17.2. The van der Waals surface area contributed by atoms with E-state index in [4.69, 9.17) is 16.0 Å². The summed E-state index contributed by atoms with van der Waals surface area (Å²) in [6.07, 6.45) is 6.72. The summed E-state index contributed by atoms with van der Waals surface area (Å²) in [5.41, 5.74) is 2.36. The smallest absolute Gasteiger partial charge is 0.281 e. The van der Waals surface area contributed by atoms with E-state index >= 15 is 0 Å². The van der Waals surface area contributed by atoms with Crippen LogP contribution in [0.3, 0.4) is 0 Å². The van der Waals surface area contributed by atoms with Crippen LogP contribution in [0, 0.1) is 0 Å². The quantitative estimate of drug-likeness (QED) is 0.729.